The summed E-state index contributed by atoms with van der Waals surface area (Å²) in [5, 5.41) is 15.0. The van der Waals surface area contributed by atoms with Crippen molar-refractivity contribution in [2.24, 2.45) is 0 Å². The van der Waals surface area contributed by atoms with E-state index in [0.717, 1.165) is 24.1 Å². The number of carbonyl (C=O) groups is 2. The van der Waals surface area contributed by atoms with E-state index < -0.39 is 11.6 Å². The number of hydrogen-bond donors (Lipinski definition) is 3. The Morgan fingerprint density at radius 1 is 1.41 bits per heavy atom. The highest BCUT2D eigenvalue weighted by Crippen LogP contribution is 2.30. The van der Waals surface area contributed by atoms with Crippen LogP contribution in [0.4, 0.5) is 0 Å². The Morgan fingerprint density at radius 2 is 2.15 bits per heavy atom. The lowest BCUT2D eigenvalue weighted by atomic mass is 9.80. The summed E-state index contributed by atoms with van der Waals surface area (Å²) in [6.45, 7) is 4.21. The van der Waals surface area contributed by atoms with E-state index in [2.05, 4.69) is 20.8 Å². The van der Waals surface area contributed by atoms with Gasteiger partial charge in [-0.25, -0.2) is 0 Å². The van der Waals surface area contributed by atoms with E-state index in [1.54, 1.807) is 11.5 Å². The van der Waals surface area contributed by atoms with Gasteiger partial charge in [-0.15, -0.1) is 11.3 Å². The minimum atomic E-state index is -0.839. The summed E-state index contributed by atoms with van der Waals surface area (Å²) in [4.78, 5) is 26.7. The molecule has 1 atom stereocenters. The van der Waals surface area contributed by atoms with Gasteiger partial charge in [-0.2, -0.15) is 5.10 Å². The van der Waals surface area contributed by atoms with E-state index in [1.165, 1.54) is 11.3 Å². The van der Waals surface area contributed by atoms with Crippen molar-refractivity contribution < 1.29 is 9.59 Å². The number of nitrogens with zero attached hydrogens (tertiary/aromatic N) is 2. The fourth-order valence-corrected chi connectivity index (χ4v) is 4.60. The highest BCUT2D eigenvalue weighted by atomic mass is 32.1. The number of nitrogens with one attached hydrogen (secondary N) is 3. The third-order valence-corrected chi connectivity index (χ3v) is 6.21. The van der Waals surface area contributed by atoms with Gasteiger partial charge in [0.25, 0.3) is 0 Å². The molecule has 1 unspecified atom stereocenters. The molecule has 1 saturated carbocycles. The molecule has 2 amide bonds. The van der Waals surface area contributed by atoms with Crippen LogP contribution in [0.15, 0.2) is 17.5 Å². The Bertz CT molecular complexity index is 849. The van der Waals surface area contributed by atoms with Crippen LogP contribution >= 0.6 is 23.6 Å². The summed E-state index contributed by atoms with van der Waals surface area (Å²) < 4.78 is 2.10. The first-order valence-electron chi connectivity index (χ1n) is 9.29. The van der Waals surface area contributed by atoms with Crippen LogP contribution in [-0.4, -0.2) is 38.7 Å². The normalized spacial score (nSPS) is 17.3. The average Bonchev–Trinajstić information content (AvgIpc) is 3.31. The number of rotatable bonds is 6. The molecule has 3 rings (SSSR count). The van der Waals surface area contributed by atoms with E-state index >= 15 is 0 Å². The van der Waals surface area contributed by atoms with Crippen LogP contribution in [0.2, 0.25) is 0 Å². The molecule has 3 N–H and O–H groups in total. The quantitative estimate of drug-likeness (QED) is 0.641. The molecule has 2 aromatic heterocycles. The van der Waals surface area contributed by atoms with E-state index in [4.69, 9.17) is 12.2 Å². The standard InChI is InChI=1S/C18H25N5O2S2/c1-3-19-16(25)18(9-5-4-6-10-18)20-15(24)12(2)23-14(21-22-17(23)26)13-8-7-11-27-13/h7-8,11-12H,3-6,9-10H2,1-2H3,(H,19,25)(H,20,24)(H,22,26). The number of likely N-dealkylation sites (N-methyl/N-ethyl adjacent to an activating group) is 1. The van der Waals surface area contributed by atoms with Crippen molar-refractivity contribution >= 4 is 35.4 Å². The minimum Gasteiger partial charge on any atom is -0.354 e. The van der Waals surface area contributed by atoms with Crippen LogP contribution < -0.4 is 10.6 Å². The number of carbonyl (C=O) groups excluding carboxylic acids is 2. The lowest BCUT2D eigenvalue weighted by Crippen LogP contribution is -2.60. The Morgan fingerprint density at radius 3 is 2.78 bits per heavy atom. The van der Waals surface area contributed by atoms with Gasteiger partial charge in [0, 0.05) is 6.54 Å². The lowest BCUT2D eigenvalue weighted by molar-refractivity contribution is -0.136. The number of aromatic nitrogens is 3. The molecule has 0 saturated heterocycles. The summed E-state index contributed by atoms with van der Waals surface area (Å²) in [5.74, 6) is 0.311. The Hall–Kier alpha value is -2.00. The van der Waals surface area contributed by atoms with Crippen molar-refractivity contribution in [3.63, 3.8) is 0 Å². The molecule has 27 heavy (non-hydrogen) atoms. The van der Waals surface area contributed by atoms with Gasteiger partial charge in [-0.1, -0.05) is 25.3 Å². The molecule has 0 bridgehead atoms. The maximum atomic E-state index is 13.1. The summed E-state index contributed by atoms with van der Waals surface area (Å²) >= 11 is 6.89. The first kappa shape index (κ1) is 19.8. The molecule has 0 spiro atoms. The SMILES string of the molecule is CCNC(=O)C1(NC(=O)C(C)n2c(-c3cccs3)n[nH]c2=S)CCCCC1. The smallest absolute Gasteiger partial charge is 0.245 e. The lowest BCUT2D eigenvalue weighted by Gasteiger charge is -2.37. The second-order valence-corrected chi connectivity index (χ2v) is 8.20. The van der Waals surface area contributed by atoms with Gasteiger partial charge in [0.15, 0.2) is 10.6 Å². The average molecular weight is 408 g/mol. The van der Waals surface area contributed by atoms with Crippen LogP contribution in [0.1, 0.15) is 52.0 Å². The van der Waals surface area contributed by atoms with Gasteiger partial charge < -0.3 is 10.6 Å². The van der Waals surface area contributed by atoms with E-state index in [1.807, 2.05) is 24.4 Å². The van der Waals surface area contributed by atoms with Crippen molar-refractivity contribution in [1.82, 2.24) is 25.4 Å². The third-order valence-electron chi connectivity index (χ3n) is 5.05. The van der Waals surface area contributed by atoms with Gasteiger partial charge in [0.2, 0.25) is 11.8 Å². The van der Waals surface area contributed by atoms with E-state index in [0.29, 0.717) is 30.0 Å². The fourth-order valence-electron chi connectivity index (χ4n) is 3.60. The van der Waals surface area contributed by atoms with Crippen molar-refractivity contribution in [1.29, 1.82) is 0 Å². The molecule has 7 nitrogen and oxygen atoms in total. The first-order chi connectivity index (χ1) is 13.0. The minimum absolute atomic E-state index is 0.0977. The first-order valence-corrected chi connectivity index (χ1v) is 10.6. The molecular weight excluding hydrogens is 382 g/mol. The topological polar surface area (TPSA) is 91.8 Å². The number of hydrogen-bond acceptors (Lipinski definition) is 5. The van der Waals surface area contributed by atoms with Crippen LogP contribution in [0.3, 0.4) is 0 Å². The molecule has 0 radical (unpaired) electrons. The summed E-state index contributed by atoms with van der Waals surface area (Å²) in [7, 11) is 0. The van der Waals surface area contributed by atoms with Crippen LogP contribution in [0, 0.1) is 4.77 Å². The summed E-state index contributed by atoms with van der Waals surface area (Å²) in [5.41, 5.74) is -0.839. The van der Waals surface area contributed by atoms with E-state index in [9.17, 15) is 9.59 Å². The second kappa shape index (κ2) is 8.35. The van der Waals surface area contributed by atoms with Gasteiger partial charge in [-0.05, 0) is 50.4 Å². The molecule has 2 aromatic rings. The van der Waals surface area contributed by atoms with Gasteiger partial charge in [0.05, 0.1) is 4.88 Å². The highest BCUT2D eigenvalue weighted by Gasteiger charge is 2.41. The third kappa shape index (κ3) is 3.98. The van der Waals surface area contributed by atoms with Crippen LogP contribution in [0.5, 0.6) is 0 Å². The summed E-state index contributed by atoms with van der Waals surface area (Å²) in [6, 6.07) is 3.29. The Kier molecular flexibility index (Phi) is 6.11. The molecule has 1 aliphatic rings. The maximum absolute atomic E-state index is 13.1. The zero-order valence-electron chi connectivity index (χ0n) is 15.6. The highest BCUT2D eigenvalue weighted by molar-refractivity contribution is 7.71. The number of aromatic amines is 1. The van der Waals surface area contributed by atoms with Crippen molar-refractivity contribution in [3.05, 3.63) is 22.3 Å². The molecular formula is C18H25N5O2S2. The zero-order valence-corrected chi connectivity index (χ0v) is 17.2. The molecule has 1 aliphatic carbocycles. The molecule has 0 aliphatic heterocycles. The van der Waals surface area contributed by atoms with Gasteiger partial charge >= 0.3 is 0 Å². The van der Waals surface area contributed by atoms with E-state index in [-0.39, 0.29) is 11.8 Å². The monoisotopic (exact) mass is 407 g/mol. The molecule has 2 heterocycles. The number of H-pyrrole nitrogens is 1. The summed E-state index contributed by atoms with van der Waals surface area (Å²) in [6.07, 6.45) is 4.26. The Balaban J connectivity index is 1.86. The fraction of sp³-hybridized carbons (Fsp3) is 0.556. The number of amides is 2. The van der Waals surface area contributed by atoms with Crippen LogP contribution in [0.25, 0.3) is 10.7 Å². The van der Waals surface area contributed by atoms with Crippen molar-refractivity contribution in [2.75, 3.05) is 6.54 Å². The maximum Gasteiger partial charge on any atom is 0.245 e. The molecule has 1 fully saturated rings. The zero-order chi connectivity index (χ0) is 19.4. The van der Waals surface area contributed by atoms with Gasteiger partial charge in [-0.3, -0.25) is 19.3 Å². The van der Waals surface area contributed by atoms with Crippen molar-refractivity contribution in [3.8, 4) is 10.7 Å². The Labute approximate surface area is 167 Å². The van der Waals surface area contributed by atoms with Gasteiger partial charge in [0.1, 0.15) is 11.6 Å². The van der Waals surface area contributed by atoms with Crippen LogP contribution in [-0.2, 0) is 9.59 Å². The largest absolute Gasteiger partial charge is 0.354 e. The molecule has 9 heteroatoms. The molecule has 0 aromatic carbocycles. The predicted molar refractivity (Wildman–Crippen MR) is 108 cm³/mol. The predicted octanol–water partition coefficient (Wildman–Crippen LogP) is 3.19. The number of thiophene rings is 1. The second-order valence-electron chi connectivity index (χ2n) is 6.87. The molecule has 146 valence electrons. The van der Waals surface area contributed by atoms with Crippen molar-refractivity contribution in [2.45, 2.75) is 57.5 Å².